The van der Waals surface area contributed by atoms with Crippen LogP contribution in [0, 0.1) is 19.7 Å². The van der Waals surface area contributed by atoms with Crippen molar-refractivity contribution >= 4 is 11.0 Å². The fourth-order valence-electron chi connectivity index (χ4n) is 2.33. The van der Waals surface area contributed by atoms with E-state index >= 15 is 0 Å². The van der Waals surface area contributed by atoms with Gasteiger partial charge in [0.2, 0.25) is 0 Å². The summed E-state index contributed by atoms with van der Waals surface area (Å²) in [5.41, 5.74) is 5.37. The van der Waals surface area contributed by atoms with Crippen LogP contribution >= 0.6 is 0 Å². The SMILES string of the molecule is Cc1cc2ncn(-c3cc(F)cc(CO)c3)c2cc1C. The number of aliphatic hydroxyl groups is 1. The Bertz CT molecular complexity index is 793. The Morgan fingerprint density at radius 1 is 1.10 bits per heavy atom. The van der Waals surface area contributed by atoms with E-state index in [1.54, 1.807) is 12.4 Å². The van der Waals surface area contributed by atoms with Gasteiger partial charge in [-0.05, 0) is 60.9 Å². The average molecular weight is 270 g/mol. The minimum Gasteiger partial charge on any atom is -0.392 e. The summed E-state index contributed by atoms with van der Waals surface area (Å²) in [4.78, 5) is 4.36. The molecule has 0 aliphatic carbocycles. The molecule has 1 heterocycles. The number of aryl methyl sites for hydroxylation is 2. The molecule has 0 fully saturated rings. The lowest BCUT2D eigenvalue weighted by Gasteiger charge is -2.08. The summed E-state index contributed by atoms with van der Waals surface area (Å²) >= 11 is 0. The third kappa shape index (κ3) is 2.08. The second kappa shape index (κ2) is 4.72. The lowest BCUT2D eigenvalue weighted by atomic mass is 10.1. The zero-order chi connectivity index (χ0) is 14.3. The minimum atomic E-state index is -0.364. The molecule has 3 nitrogen and oxygen atoms in total. The fourth-order valence-corrected chi connectivity index (χ4v) is 2.33. The molecule has 4 heteroatoms. The van der Waals surface area contributed by atoms with Crippen molar-refractivity contribution in [2.45, 2.75) is 20.5 Å². The second-order valence-electron chi connectivity index (χ2n) is 5.02. The van der Waals surface area contributed by atoms with Crippen LogP contribution in [0.3, 0.4) is 0 Å². The average Bonchev–Trinajstić information content (AvgIpc) is 2.81. The van der Waals surface area contributed by atoms with E-state index in [4.69, 9.17) is 0 Å². The third-order valence-corrected chi connectivity index (χ3v) is 3.57. The first-order chi connectivity index (χ1) is 9.58. The van der Waals surface area contributed by atoms with Crippen LogP contribution in [0.5, 0.6) is 0 Å². The van der Waals surface area contributed by atoms with Gasteiger partial charge in [0, 0.05) is 0 Å². The van der Waals surface area contributed by atoms with Crippen molar-refractivity contribution in [2.24, 2.45) is 0 Å². The van der Waals surface area contributed by atoms with Gasteiger partial charge >= 0.3 is 0 Å². The third-order valence-electron chi connectivity index (χ3n) is 3.57. The molecule has 1 aromatic heterocycles. The van der Waals surface area contributed by atoms with E-state index in [9.17, 15) is 9.50 Å². The molecule has 2 aromatic carbocycles. The van der Waals surface area contributed by atoms with Gasteiger partial charge in [0.25, 0.3) is 0 Å². The van der Waals surface area contributed by atoms with Crippen LogP contribution in [-0.4, -0.2) is 14.7 Å². The first-order valence-corrected chi connectivity index (χ1v) is 6.43. The molecule has 0 radical (unpaired) electrons. The van der Waals surface area contributed by atoms with Crippen LogP contribution in [0.4, 0.5) is 4.39 Å². The maximum atomic E-state index is 13.6. The van der Waals surface area contributed by atoms with E-state index < -0.39 is 0 Å². The van der Waals surface area contributed by atoms with Crippen molar-refractivity contribution in [1.82, 2.24) is 9.55 Å². The van der Waals surface area contributed by atoms with Crippen LogP contribution in [0.2, 0.25) is 0 Å². The Labute approximate surface area is 116 Å². The number of nitrogens with zero attached hydrogens (tertiary/aromatic N) is 2. The Morgan fingerprint density at radius 3 is 2.60 bits per heavy atom. The molecule has 0 atom stereocenters. The molecule has 3 rings (SSSR count). The van der Waals surface area contributed by atoms with E-state index in [0.717, 1.165) is 16.6 Å². The van der Waals surface area contributed by atoms with Crippen LogP contribution < -0.4 is 0 Å². The minimum absolute atomic E-state index is 0.185. The van der Waals surface area contributed by atoms with Crippen molar-refractivity contribution in [3.63, 3.8) is 0 Å². The standard InChI is InChI=1S/C16H15FN2O/c1-10-3-15-16(4-11(10)2)19(9-18-15)14-6-12(8-20)5-13(17)7-14/h3-7,9,20H,8H2,1-2H3. The van der Waals surface area contributed by atoms with Crippen LogP contribution in [0.1, 0.15) is 16.7 Å². The van der Waals surface area contributed by atoms with Crippen molar-refractivity contribution < 1.29 is 9.50 Å². The summed E-state index contributed by atoms with van der Waals surface area (Å²) < 4.78 is 15.4. The van der Waals surface area contributed by atoms with Crippen molar-refractivity contribution in [3.05, 3.63) is 59.2 Å². The number of aromatic nitrogens is 2. The number of fused-ring (bicyclic) bond motifs is 1. The number of aliphatic hydroxyl groups excluding tert-OH is 1. The highest BCUT2D eigenvalue weighted by molar-refractivity contribution is 5.79. The summed E-state index contributed by atoms with van der Waals surface area (Å²) in [7, 11) is 0. The molecule has 0 saturated heterocycles. The normalized spacial score (nSPS) is 11.2. The zero-order valence-electron chi connectivity index (χ0n) is 11.4. The molecule has 3 aromatic rings. The summed E-state index contributed by atoms with van der Waals surface area (Å²) in [6, 6.07) is 8.60. The van der Waals surface area contributed by atoms with Gasteiger partial charge in [-0.3, -0.25) is 4.57 Å². The van der Waals surface area contributed by atoms with Gasteiger partial charge in [-0.15, -0.1) is 0 Å². The molecule has 1 N–H and O–H groups in total. The van der Waals surface area contributed by atoms with E-state index in [2.05, 4.69) is 4.98 Å². The Kier molecular flexibility index (Phi) is 3.03. The summed E-state index contributed by atoms with van der Waals surface area (Å²) in [5.74, 6) is -0.364. The van der Waals surface area contributed by atoms with Crippen molar-refractivity contribution in [3.8, 4) is 5.69 Å². The fraction of sp³-hybridized carbons (Fsp3) is 0.188. The van der Waals surface area contributed by atoms with Gasteiger partial charge in [0.1, 0.15) is 12.1 Å². The quantitative estimate of drug-likeness (QED) is 0.776. The van der Waals surface area contributed by atoms with Crippen LogP contribution in [0.15, 0.2) is 36.7 Å². The highest BCUT2D eigenvalue weighted by Crippen LogP contribution is 2.23. The van der Waals surface area contributed by atoms with Gasteiger partial charge in [-0.2, -0.15) is 0 Å². The number of rotatable bonds is 2. The molecule has 0 amide bonds. The van der Waals surface area contributed by atoms with Crippen LogP contribution in [-0.2, 0) is 6.61 Å². The molecular formula is C16H15FN2O. The predicted molar refractivity (Wildman–Crippen MR) is 76.4 cm³/mol. The Morgan fingerprint density at radius 2 is 1.85 bits per heavy atom. The van der Waals surface area contributed by atoms with E-state index in [1.165, 1.54) is 17.7 Å². The van der Waals surface area contributed by atoms with Gasteiger partial charge in [0.05, 0.1) is 23.3 Å². The first-order valence-electron chi connectivity index (χ1n) is 6.43. The van der Waals surface area contributed by atoms with Crippen LogP contribution in [0.25, 0.3) is 16.7 Å². The molecule has 0 saturated carbocycles. The number of halogens is 1. The number of hydrogen-bond donors (Lipinski definition) is 1. The topological polar surface area (TPSA) is 38.0 Å². The summed E-state index contributed by atoms with van der Waals surface area (Å²) in [6.07, 6.45) is 1.68. The summed E-state index contributed by atoms with van der Waals surface area (Å²) in [5, 5.41) is 9.19. The van der Waals surface area contributed by atoms with Gasteiger partial charge < -0.3 is 5.11 Å². The highest BCUT2D eigenvalue weighted by Gasteiger charge is 2.08. The van der Waals surface area contributed by atoms with Crippen molar-refractivity contribution in [2.75, 3.05) is 0 Å². The monoisotopic (exact) mass is 270 g/mol. The smallest absolute Gasteiger partial charge is 0.125 e. The maximum Gasteiger partial charge on any atom is 0.125 e. The largest absolute Gasteiger partial charge is 0.392 e. The highest BCUT2D eigenvalue weighted by atomic mass is 19.1. The summed E-state index contributed by atoms with van der Waals surface area (Å²) in [6.45, 7) is 3.90. The molecule has 0 aliphatic heterocycles. The van der Waals surface area contributed by atoms with Gasteiger partial charge in [-0.1, -0.05) is 0 Å². The number of imidazole rings is 1. The lowest BCUT2D eigenvalue weighted by Crippen LogP contribution is -1.96. The van der Waals surface area contributed by atoms with Gasteiger partial charge in [-0.25, -0.2) is 9.37 Å². The number of benzene rings is 2. The molecular weight excluding hydrogens is 255 g/mol. The molecule has 0 aliphatic rings. The van der Waals surface area contributed by atoms with E-state index in [0.29, 0.717) is 11.3 Å². The molecule has 102 valence electrons. The Hall–Kier alpha value is -2.20. The second-order valence-corrected chi connectivity index (χ2v) is 5.02. The van der Waals surface area contributed by atoms with E-state index in [-0.39, 0.29) is 12.4 Å². The molecule has 20 heavy (non-hydrogen) atoms. The Balaban J connectivity index is 2.24. The lowest BCUT2D eigenvalue weighted by molar-refractivity contribution is 0.281. The first kappa shape index (κ1) is 12.8. The molecule has 0 unspecified atom stereocenters. The van der Waals surface area contributed by atoms with E-state index in [1.807, 2.05) is 30.5 Å². The van der Waals surface area contributed by atoms with Crippen molar-refractivity contribution in [1.29, 1.82) is 0 Å². The maximum absolute atomic E-state index is 13.6. The number of hydrogen-bond acceptors (Lipinski definition) is 2. The zero-order valence-corrected chi connectivity index (χ0v) is 11.4. The molecule has 0 bridgehead atoms. The molecule has 0 spiro atoms. The predicted octanol–water partition coefficient (Wildman–Crippen LogP) is 3.27. The van der Waals surface area contributed by atoms with Gasteiger partial charge in [0.15, 0.2) is 0 Å².